The van der Waals surface area contributed by atoms with Gasteiger partial charge in [0.2, 0.25) is 0 Å². The molecule has 0 saturated heterocycles. The number of rotatable bonds is 6. The van der Waals surface area contributed by atoms with Crippen molar-refractivity contribution in [1.29, 1.82) is 0 Å². The first kappa shape index (κ1) is 18.4. The monoisotopic (exact) mass is 391 g/mol. The van der Waals surface area contributed by atoms with Gasteiger partial charge < -0.3 is 4.74 Å². The van der Waals surface area contributed by atoms with Gasteiger partial charge in [-0.25, -0.2) is 4.98 Å². The lowest BCUT2D eigenvalue weighted by Gasteiger charge is -2.14. The molecule has 136 valence electrons. The number of benzene rings is 1. The molecule has 2 aromatic heterocycles. The second-order valence-corrected chi connectivity index (χ2v) is 7.74. The van der Waals surface area contributed by atoms with Crippen LogP contribution >= 0.6 is 23.1 Å². The van der Waals surface area contributed by atoms with Crippen LogP contribution in [0.25, 0.3) is 10.2 Å². The topological polar surface area (TPSA) is 87.3 Å². The molecule has 26 heavy (non-hydrogen) atoms. The summed E-state index contributed by atoms with van der Waals surface area (Å²) >= 11 is 2.76. The molecule has 0 aliphatic heterocycles. The van der Waals surface area contributed by atoms with Crippen molar-refractivity contribution in [1.82, 2.24) is 9.55 Å². The number of thioether (sulfide) groups is 1. The number of hydrogen-bond acceptors (Lipinski definition) is 7. The minimum atomic E-state index is -0.432. The van der Waals surface area contributed by atoms with E-state index in [1.54, 1.807) is 19.2 Å². The van der Waals surface area contributed by atoms with Gasteiger partial charge in [-0.1, -0.05) is 11.8 Å². The molecule has 0 N–H and O–H groups in total. The van der Waals surface area contributed by atoms with Crippen LogP contribution in [-0.2, 0) is 12.8 Å². The zero-order chi connectivity index (χ0) is 18.8. The molecule has 3 rings (SSSR count). The van der Waals surface area contributed by atoms with Crippen LogP contribution in [-0.4, -0.2) is 20.6 Å². The molecule has 9 heteroatoms. The second-order valence-electron chi connectivity index (χ2n) is 5.90. The Morgan fingerprint density at radius 1 is 1.38 bits per heavy atom. The van der Waals surface area contributed by atoms with Crippen LogP contribution in [0.2, 0.25) is 0 Å². The molecule has 2 heterocycles. The Bertz CT molecular complexity index is 1030. The summed E-state index contributed by atoms with van der Waals surface area (Å²) in [6.45, 7) is 3.79. The Morgan fingerprint density at radius 2 is 2.15 bits per heavy atom. The van der Waals surface area contributed by atoms with Crippen molar-refractivity contribution in [3.63, 3.8) is 0 Å². The Labute approximate surface area is 157 Å². The van der Waals surface area contributed by atoms with Gasteiger partial charge in [0, 0.05) is 30.5 Å². The van der Waals surface area contributed by atoms with Gasteiger partial charge in [0.25, 0.3) is 11.2 Å². The van der Waals surface area contributed by atoms with Crippen LogP contribution in [0.3, 0.4) is 0 Å². The number of ether oxygens (including phenoxy) is 1. The molecular weight excluding hydrogens is 374 g/mol. The molecule has 0 atom stereocenters. The van der Waals surface area contributed by atoms with E-state index in [1.165, 1.54) is 39.8 Å². The smallest absolute Gasteiger partial charge is 0.270 e. The molecule has 0 saturated carbocycles. The lowest BCUT2D eigenvalue weighted by Crippen LogP contribution is -2.19. The summed E-state index contributed by atoms with van der Waals surface area (Å²) in [6, 6.07) is 6.31. The van der Waals surface area contributed by atoms with E-state index >= 15 is 0 Å². The first-order valence-electron chi connectivity index (χ1n) is 7.88. The Hall–Kier alpha value is -2.39. The zero-order valence-electron chi connectivity index (χ0n) is 14.5. The summed E-state index contributed by atoms with van der Waals surface area (Å²) in [6.07, 6.45) is -0.0508. The number of nitro benzene ring substituents is 1. The summed E-state index contributed by atoms with van der Waals surface area (Å²) in [5, 5.41) is 14.1. The van der Waals surface area contributed by atoms with E-state index in [4.69, 9.17) is 4.74 Å². The van der Waals surface area contributed by atoms with Crippen molar-refractivity contribution in [3.05, 3.63) is 55.7 Å². The third-order valence-corrected chi connectivity index (χ3v) is 5.52. The van der Waals surface area contributed by atoms with Gasteiger partial charge in [0.1, 0.15) is 10.6 Å². The minimum Gasteiger partial charge on any atom is -0.491 e. The number of thiophene rings is 1. The maximum absolute atomic E-state index is 12.4. The van der Waals surface area contributed by atoms with E-state index in [2.05, 4.69) is 4.98 Å². The number of nitro groups is 1. The fraction of sp³-hybridized carbons (Fsp3) is 0.294. The third-order valence-electron chi connectivity index (χ3n) is 3.64. The van der Waals surface area contributed by atoms with Crippen molar-refractivity contribution in [3.8, 4) is 5.75 Å². The predicted molar refractivity (Wildman–Crippen MR) is 103 cm³/mol. The molecule has 0 unspecified atom stereocenters. The molecule has 0 bridgehead atoms. The summed E-state index contributed by atoms with van der Waals surface area (Å²) in [5.41, 5.74) is 0.599. The normalized spacial score (nSPS) is 11.2. The van der Waals surface area contributed by atoms with Crippen molar-refractivity contribution < 1.29 is 9.66 Å². The van der Waals surface area contributed by atoms with Crippen LogP contribution in [0, 0.1) is 10.1 Å². The Balaban J connectivity index is 1.93. The van der Waals surface area contributed by atoms with Crippen molar-refractivity contribution >= 4 is 39.0 Å². The van der Waals surface area contributed by atoms with Gasteiger partial charge in [-0.15, -0.1) is 11.3 Å². The molecule has 1 aromatic carbocycles. The first-order chi connectivity index (χ1) is 12.4. The van der Waals surface area contributed by atoms with Crippen molar-refractivity contribution in [2.24, 2.45) is 7.05 Å². The summed E-state index contributed by atoms with van der Waals surface area (Å²) in [4.78, 5) is 28.2. The van der Waals surface area contributed by atoms with E-state index in [1.807, 2.05) is 19.2 Å². The summed E-state index contributed by atoms with van der Waals surface area (Å²) in [7, 11) is 1.67. The Morgan fingerprint density at radius 3 is 2.85 bits per heavy atom. The molecule has 0 radical (unpaired) electrons. The quantitative estimate of drug-likeness (QED) is 0.273. The standard InChI is InChI=1S/C17H17N3O4S2/c1-10(2)24-14-5-4-12(20(22)23)8-11(14)9-26-17-18-15-13(6-7-25-15)16(21)19(17)3/h4-8,10H,9H2,1-3H3. The molecule has 0 spiro atoms. The first-order valence-corrected chi connectivity index (χ1v) is 9.74. The number of hydrogen-bond donors (Lipinski definition) is 0. The highest BCUT2D eigenvalue weighted by molar-refractivity contribution is 7.98. The van der Waals surface area contributed by atoms with Crippen LogP contribution in [0.5, 0.6) is 5.75 Å². The lowest BCUT2D eigenvalue weighted by atomic mass is 10.2. The van der Waals surface area contributed by atoms with E-state index < -0.39 is 4.92 Å². The maximum atomic E-state index is 12.4. The van der Waals surface area contributed by atoms with Gasteiger partial charge >= 0.3 is 0 Å². The van der Waals surface area contributed by atoms with Gasteiger partial charge in [-0.05, 0) is 31.4 Å². The highest BCUT2D eigenvalue weighted by Crippen LogP contribution is 2.31. The van der Waals surface area contributed by atoms with Crippen LogP contribution in [0.4, 0.5) is 5.69 Å². The molecule has 0 aliphatic carbocycles. The number of non-ortho nitro benzene ring substituents is 1. The largest absolute Gasteiger partial charge is 0.491 e. The fourth-order valence-corrected chi connectivity index (χ4v) is 4.17. The highest BCUT2D eigenvalue weighted by atomic mass is 32.2. The van der Waals surface area contributed by atoms with Crippen molar-refractivity contribution in [2.75, 3.05) is 0 Å². The molecule has 0 amide bonds. The third kappa shape index (κ3) is 3.73. The van der Waals surface area contributed by atoms with E-state index in [0.717, 1.165) is 0 Å². The van der Waals surface area contributed by atoms with E-state index in [9.17, 15) is 14.9 Å². The zero-order valence-corrected chi connectivity index (χ0v) is 16.1. The molecular formula is C17H17N3O4S2. The minimum absolute atomic E-state index is 0.00673. The highest BCUT2D eigenvalue weighted by Gasteiger charge is 2.15. The molecule has 7 nitrogen and oxygen atoms in total. The Kier molecular flexibility index (Phi) is 5.28. The van der Waals surface area contributed by atoms with Gasteiger partial charge in [0.15, 0.2) is 5.16 Å². The van der Waals surface area contributed by atoms with E-state index in [-0.39, 0.29) is 17.4 Å². The average molecular weight is 391 g/mol. The lowest BCUT2D eigenvalue weighted by molar-refractivity contribution is -0.384. The van der Waals surface area contributed by atoms with Gasteiger partial charge in [-0.2, -0.15) is 0 Å². The second kappa shape index (κ2) is 7.46. The summed E-state index contributed by atoms with van der Waals surface area (Å²) in [5.74, 6) is 1.00. The van der Waals surface area contributed by atoms with Crippen LogP contribution < -0.4 is 10.3 Å². The molecule has 3 aromatic rings. The molecule has 0 aliphatic rings. The number of nitrogens with zero attached hydrogens (tertiary/aromatic N) is 3. The van der Waals surface area contributed by atoms with Gasteiger partial charge in [0.05, 0.1) is 16.4 Å². The van der Waals surface area contributed by atoms with Crippen LogP contribution in [0.15, 0.2) is 39.6 Å². The number of aromatic nitrogens is 2. The average Bonchev–Trinajstić information content (AvgIpc) is 3.05. The predicted octanol–water partition coefficient (Wildman–Crippen LogP) is 3.98. The van der Waals surface area contributed by atoms with E-state index in [0.29, 0.717) is 32.4 Å². The number of fused-ring (bicyclic) bond motifs is 1. The van der Waals surface area contributed by atoms with Crippen LogP contribution in [0.1, 0.15) is 19.4 Å². The van der Waals surface area contributed by atoms with Crippen molar-refractivity contribution in [2.45, 2.75) is 30.9 Å². The summed E-state index contributed by atoms with van der Waals surface area (Å²) < 4.78 is 7.26. The van der Waals surface area contributed by atoms with Gasteiger partial charge in [-0.3, -0.25) is 19.5 Å². The molecule has 0 fully saturated rings. The fourth-order valence-electron chi connectivity index (χ4n) is 2.41. The maximum Gasteiger partial charge on any atom is 0.270 e. The SMILES string of the molecule is CC(C)Oc1ccc([N+](=O)[O-])cc1CSc1nc2sccc2c(=O)n1C.